The van der Waals surface area contributed by atoms with Crippen LogP contribution in [0.5, 0.6) is 0 Å². The first-order chi connectivity index (χ1) is 7.61. The predicted octanol–water partition coefficient (Wildman–Crippen LogP) is 2.67. The molecule has 5 nitrogen and oxygen atoms in total. The van der Waals surface area contributed by atoms with Gasteiger partial charge in [-0.3, -0.25) is 10.1 Å². The molecule has 0 fully saturated rings. The number of nitro groups is 1. The SMILES string of the molecule is N#Cc1cc2cc([N+](=O)[O-])ccc2nc1Cl. The quantitative estimate of drug-likeness (QED) is 0.431. The first-order valence-corrected chi connectivity index (χ1v) is 4.64. The van der Waals surface area contributed by atoms with Crippen molar-refractivity contribution in [1.29, 1.82) is 5.26 Å². The van der Waals surface area contributed by atoms with E-state index in [2.05, 4.69) is 4.98 Å². The van der Waals surface area contributed by atoms with Crippen LogP contribution in [0.25, 0.3) is 10.9 Å². The van der Waals surface area contributed by atoms with Crippen LogP contribution < -0.4 is 0 Å². The number of non-ortho nitro benzene ring substituents is 1. The Morgan fingerprint density at radius 3 is 2.81 bits per heavy atom. The highest BCUT2D eigenvalue weighted by Crippen LogP contribution is 2.23. The molecule has 2 rings (SSSR count). The van der Waals surface area contributed by atoms with Crippen LogP contribution in [-0.4, -0.2) is 9.91 Å². The molecule has 0 amide bonds. The summed E-state index contributed by atoms with van der Waals surface area (Å²) in [5, 5.41) is 19.9. The van der Waals surface area contributed by atoms with Crippen molar-refractivity contribution in [2.45, 2.75) is 0 Å². The Morgan fingerprint density at radius 1 is 1.44 bits per heavy atom. The van der Waals surface area contributed by atoms with Crippen molar-refractivity contribution in [3.05, 3.63) is 45.1 Å². The fourth-order valence-electron chi connectivity index (χ4n) is 1.33. The van der Waals surface area contributed by atoms with Crippen LogP contribution in [0, 0.1) is 21.4 Å². The summed E-state index contributed by atoms with van der Waals surface area (Å²) >= 11 is 5.74. The van der Waals surface area contributed by atoms with Gasteiger partial charge in [-0.15, -0.1) is 0 Å². The molecule has 1 aromatic carbocycles. The lowest BCUT2D eigenvalue weighted by atomic mass is 10.1. The molecule has 0 saturated heterocycles. The normalized spacial score (nSPS) is 10.0. The number of nitriles is 1. The van der Waals surface area contributed by atoms with E-state index in [1.165, 1.54) is 24.3 Å². The van der Waals surface area contributed by atoms with Gasteiger partial charge in [-0.2, -0.15) is 5.26 Å². The molecule has 6 heteroatoms. The van der Waals surface area contributed by atoms with Crippen molar-refractivity contribution in [1.82, 2.24) is 4.98 Å². The van der Waals surface area contributed by atoms with Crippen LogP contribution in [-0.2, 0) is 0 Å². The first-order valence-electron chi connectivity index (χ1n) is 4.26. The highest BCUT2D eigenvalue weighted by molar-refractivity contribution is 6.31. The van der Waals surface area contributed by atoms with Gasteiger partial charge in [-0.05, 0) is 12.1 Å². The van der Waals surface area contributed by atoms with E-state index in [4.69, 9.17) is 16.9 Å². The standard InChI is InChI=1S/C10H4ClN3O2/c11-10-7(5-12)3-6-4-8(14(15)16)1-2-9(6)13-10/h1-4H. The molecule has 0 N–H and O–H groups in total. The topological polar surface area (TPSA) is 79.8 Å². The third-order valence-electron chi connectivity index (χ3n) is 2.08. The Labute approximate surface area is 95.0 Å². The highest BCUT2D eigenvalue weighted by Gasteiger charge is 2.09. The molecule has 1 aromatic heterocycles. The Hall–Kier alpha value is -2.19. The minimum atomic E-state index is -0.500. The van der Waals surface area contributed by atoms with Crippen LogP contribution in [0.4, 0.5) is 5.69 Å². The molecule has 0 spiro atoms. The molecule has 16 heavy (non-hydrogen) atoms. The lowest BCUT2D eigenvalue weighted by Gasteiger charge is -1.99. The van der Waals surface area contributed by atoms with Crippen molar-refractivity contribution in [3.8, 4) is 6.07 Å². The monoisotopic (exact) mass is 233 g/mol. The molecule has 1 heterocycles. The second-order valence-electron chi connectivity index (χ2n) is 3.07. The van der Waals surface area contributed by atoms with Gasteiger partial charge in [-0.1, -0.05) is 11.6 Å². The summed E-state index contributed by atoms with van der Waals surface area (Å²) in [7, 11) is 0. The number of nitrogens with zero attached hydrogens (tertiary/aromatic N) is 3. The molecule has 0 aliphatic carbocycles. The summed E-state index contributed by atoms with van der Waals surface area (Å²) in [6.07, 6.45) is 0. The van der Waals surface area contributed by atoms with Crippen LogP contribution in [0.1, 0.15) is 5.56 Å². The molecule has 0 aliphatic rings. The maximum absolute atomic E-state index is 10.6. The third kappa shape index (κ3) is 1.66. The fraction of sp³-hybridized carbons (Fsp3) is 0. The van der Waals surface area contributed by atoms with Crippen LogP contribution >= 0.6 is 11.6 Å². The van der Waals surface area contributed by atoms with Gasteiger partial charge >= 0.3 is 0 Å². The maximum atomic E-state index is 10.6. The Bertz CT molecular complexity index is 634. The summed E-state index contributed by atoms with van der Waals surface area (Å²) in [5.74, 6) is 0. The van der Waals surface area contributed by atoms with E-state index >= 15 is 0 Å². The van der Waals surface area contributed by atoms with Crippen molar-refractivity contribution in [2.75, 3.05) is 0 Å². The van der Waals surface area contributed by atoms with Crippen molar-refractivity contribution < 1.29 is 4.92 Å². The number of benzene rings is 1. The van der Waals surface area contributed by atoms with E-state index in [1.807, 2.05) is 6.07 Å². The zero-order chi connectivity index (χ0) is 11.7. The Morgan fingerprint density at radius 2 is 2.19 bits per heavy atom. The lowest BCUT2D eigenvalue weighted by Crippen LogP contribution is -1.90. The number of rotatable bonds is 1. The number of halogens is 1. The van der Waals surface area contributed by atoms with Gasteiger partial charge in [-0.25, -0.2) is 4.98 Å². The van der Waals surface area contributed by atoms with Gasteiger partial charge in [0.15, 0.2) is 0 Å². The number of hydrogen-bond acceptors (Lipinski definition) is 4. The summed E-state index contributed by atoms with van der Waals surface area (Å²) < 4.78 is 0. The molecule has 0 unspecified atom stereocenters. The maximum Gasteiger partial charge on any atom is 0.270 e. The fourth-order valence-corrected chi connectivity index (χ4v) is 1.52. The van der Waals surface area contributed by atoms with E-state index in [0.29, 0.717) is 10.9 Å². The van der Waals surface area contributed by atoms with Gasteiger partial charge in [0, 0.05) is 17.5 Å². The molecule has 0 bridgehead atoms. The second kappa shape index (κ2) is 3.76. The summed E-state index contributed by atoms with van der Waals surface area (Å²) in [4.78, 5) is 14.0. The number of nitro benzene ring substituents is 1. The smallest absolute Gasteiger partial charge is 0.258 e. The molecule has 0 atom stereocenters. The number of pyridine rings is 1. The first kappa shape index (κ1) is 10.3. The van der Waals surface area contributed by atoms with Crippen molar-refractivity contribution in [3.63, 3.8) is 0 Å². The van der Waals surface area contributed by atoms with E-state index < -0.39 is 4.92 Å². The Kier molecular flexibility index (Phi) is 2.43. The third-order valence-corrected chi connectivity index (χ3v) is 2.37. The number of hydrogen-bond donors (Lipinski definition) is 0. The number of fused-ring (bicyclic) bond motifs is 1. The summed E-state index contributed by atoms with van der Waals surface area (Å²) in [6.45, 7) is 0. The van der Waals surface area contributed by atoms with Gasteiger partial charge < -0.3 is 0 Å². The predicted molar refractivity (Wildman–Crippen MR) is 58.1 cm³/mol. The van der Waals surface area contributed by atoms with Crippen molar-refractivity contribution in [2.24, 2.45) is 0 Å². The van der Waals surface area contributed by atoms with Crippen LogP contribution in [0.2, 0.25) is 5.15 Å². The largest absolute Gasteiger partial charge is 0.270 e. The van der Waals surface area contributed by atoms with Gasteiger partial charge in [0.2, 0.25) is 0 Å². The molecular weight excluding hydrogens is 230 g/mol. The average molecular weight is 234 g/mol. The molecular formula is C10H4ClN3O2. The van der Waals surface area contributed by atoms with E-state index in [0.717, 1.165) is 0 Å². The molecule has 78 valence electrons. The van der Waals surface area contributed by atoms with Gasteiger partial charge in [0.25, 0.3) is 5.69 Å². The minimum absolute atomic E-state index is 0.0412. The molecule has 2 aromatic rings. The van der Waals surface area contributed by atoms with E-state index in [9.17, 15) is 10.1 Å². The summed E-state index contributed by atoms with van der Waals surface area (Å²) in [5.41, 5.74) is 0.685. The average Bonchev–Trinajstić information content (AvgIpc) is 2.27. The Balaban J connectivity index is 2.74. The van der Waals surface area contributed by atoms with Gasteiger partial charge in [0.05, 0.1) is 16.0 Å². The van der Waals surface area contributed by atoms with Crippen molar-refractivity contribution >= 4 is 28.2 Å². The van der Waals surface area contributed by atoms with Crippen LogP contribution in [0.3, 0.4) is 0 Å². The number of aromatic nitrogens is 1. The molecule has 0 radical (unpaired) electrons. The summed E-state index contributed by atoms with van der Waals surface area (Å²) in [6, 6.07) is 7.56. The minimum Gasteiger partial charge on any atom is -0.258 e. The second-order valence-corrected chi connectivity index (χ2v) is 3.43. The van der Waals surface area contributed by atoms with E-state index in [1.54, 1.807) is 0 Å². The van der Waals surface area contributed by atoms with Crippen LogP contribution in [0.15, 0.2) is 24.3 Å². The van der Waals surface area contributed by atoms with Gasteiger partial charge in [0.1, 0.15) is 11.2 Å². The molecule has 0 saturated carbocycles. The van der Waals surface area contributed by atoms with E-state index in [-0.39, 0.29) is 16.4 Å². The zero-order valence-corrected chi connectivity index (χ0v) is 8.60. The lowest BCUT2D eigenvalue weighted by molar-refractivity contribution is -0.384. The molecule has 0 aliphatic heterocycles. The zero-order valence-electron chi connectivity index (χ0n) is 7.85. The highest BCUT2D eigenvalue weighted by atomic mass is 35.5.